The lowest BCUT2D eigenvalue weighted by atomic mass is 10.0. The predicted molar refractivity (Wildman–Crippen MR) is 89.2 cm³/mol. The van der Waals surface area contributed by atoms with Gasteiger partial charge in [-0.25, -0.2) is 0 Å². The lowest BCUT2D eigenvalue weighted by Crippen LogP contribution is -2.03. The highest BCUT2D eigenvalue weighted by Gasteiger charge is 2.26. The van der Waals surface area contributed by atoms with Crippen LogP contribution in [0, 0.1) is 0 Å². The smallest absolute Gasteiger partial charge is 0.256 e. The summed E-state index contributed by atoms with van der Waals surface area (Å²) in [7, 11) is 3.06. The summed E-state index contributed by atoms with van der Waals surface area (Å²) in [6.45, 7) is 0. The van der Waals surface area contributed by atoms with E-state index in [1.54, 1.807) is 30.3 Å². The minimum absolute atomic E-state index is 0.0450. The maximum absolute atomic E-state index is 12.3. The summed E-state index contributed by atoms with van der Waals surface area (Å²) >= 11 is 5.95. The van der Waals surface area contributed by atoms with E-state index in [0.717, 1.165) is 0 Å². The lowest BCUT2D eigenvalue weighted by molar-refractivity contribution is -0.110. The van der Waals surface area contributed by atoms with E-state index < -0.39 is 0 Å². The highest BCUT2D eigenvalue weighted by molar-refractivity contribution is 6.35. The number of carbonyl (C=O) groups excluding carboxylic acids is 1. The fourth-order valence-electron chi connectivity index (χ4n) is 2.46. The molecule has 6 heteroatoms. The molecule has 0 aromatic heterocycles. The van der Waals surface area contributed by atoms with Crippen molar-refractivity contribution in [3.05, 3.63) is 46.5 Å². The molecule has 1 amide bonds. The third-order valence-corrected chi connectivity index (χ3v) is 3.83. The number of fused-ring (bicyclic) bond motifs is 1. The number of benzene rings is 2. The molecule has 0 saturated heterocycles. The van der Waals surface area contributed by atoms with Crippen LogP contribution in [-0.2, 0) is 4.79 Å². The van der Waals surface area contributed by atoms with Crippen molar-refractivity contribution < 1.29 is 19.4 Å². The molecule has 5 nitrogen and oxygen atoms in total. The molecule has 0 saturated carbocycles. The maximum Gasteiger partial charge on any atom is 0.256 e. The summed E-state index contributed by atoms with van der Waals surface area (Å²) < 4.78 is 10.5. The molecule has 2 N–H and O–H groups in total. The quantitative estimate of drug-likeness (QED) is 0.844. The number of hydrogen-bond donors (Lipinski definition) is 2. The molecule has 23 heavy (non-hydrogen) atoms. The Hall–Kier alpha value is -2.66. The Balaban J connectivity index is 2.15. The standard InChI is InChI=1S/C17H14ClNO4/c1-22-15-7-11-12(6-9-5-10(18)3-4-14(9)20)17(21)19-13(11)8-16(15)23-2/h3-8,20H,1-2H3,(H,19,21)/b12-6+. The predicted octanol–water partition coefficient (Wildman–Crippen LogP) is 3.56. The average Bonchev–Trinajstić information content (AvgIpc) is 2.84. The highest BCUT2D eigenvalue weighted by atomic mass is 35.5. The molecule has 0 fully saturated rings. The molecule has 2 aromatic carbocycles. The second kappa shape index (κ2) is 5.85. The van der Waals surface area contributed by atoms with Gasteiger partial charge >= 0.3 is 0 Å². The first-order valence-corrected chi connectivity index (χ1v) is 7.19. The molecule has 0 unspecified atom stereocenters. The van der Waals surface area contributed by atoms with Gasteiger partial charge in [-0.15, -0.1) is 0 Å². The summed E-state index contributed by atoms with van der Waals surface area (Å²) in [6.07, 6.45) is 1.59. The first-order chi connectivity index (χ1) is 11.0. The number of methoxy groups -OCH3 is 2. The number of nitrogens with one attached hydrogen (secondary N) is 1. The molecule has 1 aliphatic rings. The molecule has 0 atom stereocenters. The zero-order chi connectivity index (χ0) is 16.6. The van der Waals surface area contributed by atoms with Crippen molar-refractivity contribution >= 4 is 34.8 Å². The van der Waals surface area contributed by atoms with Gasteiger partial charge < -0.3 is 19.9 Å². The first-order valence-electron chi connectivity index (χ1n) is 6.81. The van der Waals surface area contributed by atoms with Gasteiger partial charge in [-0.1, -0.05) is 11.6 Å². The molecular weight excluding hydrogens is 318 g/mol. The van der Waals surface area contributed by atoms with Gasteiger partial charge in [-0.3, -0.25) is 4.79 Å². The van der Waals surface area contributed by atoms with E-state index in [0.29, 0.717) is 38.9 Å². The first kappa shape index (κ1) is 15.2. The summed E-state index contributed by atoms with van der Waals surface area (Å²) in [6, 6.07) is 8.08. The number of phenolic OH excluding ortho intramolecular Hbond substituents is 1. The van der Waals surface area contributed by atoms with E-state index in [2.05, 4.69) is 5.32 Å². The Morgan fingerprint density at radius 3 is 2.52 bits per heavy atom. The fraction of sp³-hybridized carbons (Fsp3) is 0.118. The van der Waals surface area contributed by atoms with Gasteiger partial charge in [0.2, 0.25) is 0 Å². The van der Waals surface area contributed by atoms with Crippen molar-refractivity contribution in [2.24, 2.45) is 0 Å². The van der Waals surface area contributed by atoms with Gasteiger partial charge in [0.1, 0.15) is 5.75 Å². The number of aromatic hydroxyl groups is 1. The second-order valence-electron chi connectivity index (χ2n) is 4.97. The van der Waals surface area contributed by atoms with Gasteiger partial charge in [0.15, 0.2) is 11.5 Å². The van der Waals surface area contributed by atoms with E-state index in [-0.39, 0.29) is 11.7 Å². The molecule has 0 bridgehead atoms. The number of rotatable bonds is 3. The van der Waals surface area contributed by atoms with Crippen LogP contribution in [0.2, 0.25) is 5.02 Å². The number of anilines is 1. The van der Waals surface area contributed by atoms with Crippen LogP contribution in [0.1, 0.15) is 11.1 Å². The van der Waals surface area contributed by atoms with Gasteiger partial charge in [0, 0.05) is 27.8 Å². The Labute approximate surface area is 138 Å². The molecule has 118 valence electrons. The minimum Gasteiger partial charge on any atom is -0.507 e. The van der Waals surface area contributed by atoms with Crippen LogP contribution in [-0.4, -0.2) is 25.2 Å². The molecule has 2 aromatic rings. The largest absolute Gasteiger partial charge is 0.507 e. The minimum atomic E-state index is -0.269. The summed E-state index contributed by atoms with van der Waals surface area (Å²) in [4.78, 5) is 12.3. The van der Waals surface area contributed by atoms with Gasteiger partial charge in [-0.05, 0) is 30.3 Å². The zero-order valence-electron chi connectivity index (χ0n) is 12.5. The second-order valence-corrected chi connectivity index (χ2v) is 5.40. The van der Waals surface area contributed by atoms with Crippen LogP contribution in [0.25, 0.3) is 11.6 Å². The number of hydrogen-bond acceptors (Lipinski definition) is 4. The topological polar surface area (TPSA) is 67.8 Å². The van der Waals surface area contributed by atoms with Crippen molar-refractivity contribution in [3.63, 3.8) is 0 Å². The van der Waals surface area contributed by atoms with Crippen LogP contribution in [0.5, 0.6) is 17.2 Å². The van der Waals surface area contributed by atoms with E-state index in [4.69, 9.17) is 21.1 Å². The molecule has 1 aliphatic heterocycles. The van der Waals surface area contributed by atoms with E-state index in [9.17, 15) is 9.90 Å². The van der Waals surface area contributed by atoms with Crippen LogP contribution in [0.4, 0.5) is 5.69 Å². The average molecular weight is 332 g/mol. The summed E-state index contributed by atoms with van der Waals surface area (Å²) in [5.74, 6) is 0.820. The van der Waals surface area contributed by atoms with Gasteiger partial charge in [-0.2, -0.15) is 0 Å². The fourth-order valence-corrected chi connectivity index (χ4v) is 2.64. The molecule has 1 heterocycles. The Morgan fingerprint density at radius 1 is 1.13 bits per heavy atom. The van der Waals surface area contributed by atoms with E-state index in [1.807, 2.05) is 0 Å². The number of carbonyl (C=O) groups is 1. The molecular formula is C17H14ClNO4. The molecule has 0 spiro atoms. The van der Waals surface area contributed by atoms with Crippen LogP contribution < -0.4 is 14.8 Å². The Morgan fingerprint density at radius 2 is 1.83 bits per heavy atom. The maximum atomic E-state index is 12.3. The third-order valence-electron chi connectivity index (χ3n) is 3.60. The lowest BCUT2D eigenvalue weighted by Gasteiger charge is -2.09. The Bertz CT molecular complexity index is 830. The third kappa shape index (κ3) is 2.71. The van der Waals surface area contributed by atoms with Gasteiger partial charge in [0.25, 0.3) is 5.91 Å². The van der Waals surface area contributed by atoms with E-state index in [1.165, 1.54) is 20.3 Å². The number of ether oxygens (including phenoxy) is 2. The normalized spacial score (nSPS) is 14.6. The van der Waals surface area contributed by atoms with Crippen molar-refractivity contribution in [2.45, 2.75) is 0 Å². The van der Waals surface area contributed by atoms with Crippen LogP contribution >= 0.6 is 11.6 Å². The van der Waals surface area contributed by atoms with Gasteiger partial charge in [0.05, 0.1) is 19.9 Å². The van der Waals surface area contributed by atoms with Crippen LogP contribution in [0.15, 0.2) is 30.3 Å². The number of phenols is 1. The molecule has 0 aliphatic carbocycles. The van der Waals surface area contributed by atoms with Crippen molar-refractivity contribution in [2.75, 3.05) is 19.5 Å². The van der Waals surface area contributed by atoms with E-state index >= 15 is 0 Å². The molecule has 3 rings (SSSR count). The van der Waals surface area contributed by atoms with Crippen molar-refractivity contribution in [3.8, 4) is 17.2 Å². The number of amides is 1. The van der Waals surface area contributed by atoms with Crippen molar-refractivity contribution in [1.29, 1.82) is 0 Å². The van der Waals surface area contributed by atoms with Crippen LogP contribution in [0.3, 0.4) is 0 Å². The summed E-state index contributed by atoms with van der Waals surface area (Å²) in [5, 5.41) is 13.2. The summed E-state index contributed by atoms with van der Waals surface area (Å²) in [5.41, 5.74) is 2.18. The number of halogens is 1. The zero-order valence-corrected chi connectivity index (χ0v) is 13.3. The highest BCUT2D eigenvalue weighted by Crippen LogP contribution is 2.41. The Kier molecular flexibility index (Phi) is 3.88. The SMILES string of the molecule is COc1cc2c(cc1OC)/C(=C\c1cc(Cl)ccc1O)C(=O)N2. The monoisotopic (exact) mass is 331 g/mol. The molecule has 0 radical (unpaired) electrons. The van der Waals surface area contributed by atoms with Crippen molar-refractivity contribution in [1.82, 2.24) is 0 Å².